The molecule has 8 nitrogen and oxygen atoms in total. The number of nitrogens with zero attached hydrogens (tertiary/aromatic N) is 4. The van der Waals surface area contributed by atoms with Gasteiger partial charge in [0.05, 0.1) is 19.1 Å². The van der Waals surface area contributed by atoms with Crippen LogP contribution in [-0.2, 0) is 11.3 Å². The summed E-state index contributed by atoms with van der Waals surface area (Å²) in [5.74, 6) is 0.831. The lowest BCUT2D eigenvalue weighted by Gasteiger charge is -2.46. The van der Waals surface area contributed by atoms with Gasteiger partial charge in [0, 0.05) is 32.7 Å². The van der Waals surface area contributed by atoms with Gasteiger partial charge in [-0.25, -0.2) is 0 Å². The molecule has 3 aliphatic rings. The van der Waals surface area contributed by atoms with E-state index in [0.29, 0.717) is 12.4 Å². The van der Waals surface area contributed by atoms with Crippen molar-refractivity contribution in [2.45, 2.75) is 12.6 Å². The summed E-state index contributed by atoms with van der Waals surface area (Å²) in [5.41, 5.74) is 5.04. The highest BCUT2D eigenvalue weighted by atomic mass is 16.5. The van der Waals surface area contributed by atoms with Crippen molar-refractivity contribution in [2.24, 2.45) is 5.73 Å². The lowest BCUT2D eigenvalue weighted by Crippen LogP contribution is -2.57. The minimum absolute atomic E-state index is 0.112. The Morgan fingerprint density at radius 3 is 2.84 bits per heavy atom. The number of piperazine rings is 3. The van der Waals surface area contributed by atoms with Crippen LogP contribution in [0.3, 0.4) is 0 Å². The van der Waals surface area contributed by atoms with E-state index in [1.807, 2.05) is 0 Å². The number of hydrogen-bond donors (Lipinski definition) is 2. The molecule has 1 unspecified atom stereocenters. The maximum atomic E-state index is 10.6. The van der Waals surface area contributed by atoms with Gasteiger partial charge < -0.3 is 10.3 Å². The van der Waals surface area contributed by atoms with E-state index in [4.69, 9.17) is 10.3 Å². The van der Waals surface area contributed by atoms with Crippen LogP contribution in [0.4, 0.5) is 0 Å². The number of nitrogens with two attached hydrogens (primary N) is 1. The lowest BCUT2D eigenvalue weighted by molar-refractivity contribution is -0.117. The number of primary amides is 1. The largest absolute Gasteiger partial charge is 0.369 e. The fourth-order valence-electron chi connectivity index (χ4n) is 2.63. The van der Waals surface area contributed by atoms with Gasteiger partial charge in [0.2, 0.25) is 11.8 Å². The zero-order valence-electron chi connectivity index (χ0n) is 10.7. The number of carbonyl (C=O) groups is 1. The van der Waals surface area contributed by atoms with Crippen LogP contribution in [0.15, 0.2) is 4.52 Å². The van der Waals surface area contributed by atoms with E-state index in [0.717, 1.165) is 38.5 Å². The van der Waals surface area contributed by atoms with E-state index in [2.05, 4.69) is 25.3 Å². The normalized spacial score (nSPS) is 29.6. The third-order valence-electron chi connectivity index (χ3n) is 3.64. The van der Waals surface area contributed by atoms with E-state index in [1.165, 1.54) is 0 Å². The molecule has 104 valence electrons. The zero-order chi connectivity index (χ0) is 13.2. The molecular formula is C11H18N6O2. The van der Waals surface area contributed by atoms with Gasteiger partial charge in [0.15, 0.2) is 5.82 Å². The van der Waals surface area contributed by atoms with Crippen molar-refractivity contribution in [1.29, 1.82) is 0 Å². The summed E-state index contributed by atoms with van der Waals surface area (Å²) >= 11 is 0. The van der Waals surface area contributed by atoms with Crippen LogP contribution < -0.4 is 11.1 Å². The SMILES string of the molecule is NC(=O)CNCc1nc(C2CN3CCN2CC3)no1. The van der Waals surface area contributed by atoms with Crippen molar-refractivity contribution in [3.8, 4) is 0 Å². The Kier molecular flexibility index (Phi) is 3.45. The van der Waals surface area contributed by atoms with Gasteiger partial charge >= 0.3 is 0 Å². The number of rotatable bonds is 5. The van der Waals surface area contributed by atoms with Crippen molar-refractivity contribution >= 4 is 5.91 Å². The standard InChI is InChI=1S/C11H18N6O2/c12-9(18)5-13-6-10-14-11(15-19-10)8-7-16-1-3-17(8)4-2-16/h8,13H,1-7H2,(H2,12,18). The van der Waals surface area contributed by atoms with Crippen molar-refractivity contribution < 1.29 is 9.32 Å². The van der Waals surface area contributed by atoms with Crippen molar-refractivity contribution in [1.82, 2.24) is 25.3 Å². The van der Waals surface area contributed by atoms with Crippen LogP contribution in [0.5, 0.6) is 0 Å². The fourth-order valence-corrected chi connectivity index (χ4v) is 2.63. The van der Waals surface area contributed by atoms with E-state index >= 15 is 0 Å². The first-order valence-corrected chi connectivity index (χ1v) is 6.50. The first kappa shape index (κ1) is 12.5. The molecule has 4 rings (SSSR count). The number of fused-ring (bicyclic) bond motifs is 3. The molecule has 3 saturated heterocycles. The second-order valence-corrected chi connectivity index (χ2v) is 4.97. The van der Waals surface area contributed by atoms with Crippen LogP contribution in [0.2, 0.25) is 0 Å². The number of nitrogens with one attached hydrogen (secondary N) is 1. The third-order valence-corrected chi connectivity index (χ3v) is 3.64. The predicted octanol–water partition coefficient (Wildman–Crippen LogP) is -1.68. The topological polar surface area (TPSA) is 101 Å². The molecule has 0 spiro atoms. The molecule has 0 aliphatic carbocycles. The van der Waals surface area contributed by atoms with Crippen molar-refractivity contribution in [3.05, 3.63) is 11.7 Å². The Balaban J connectivity index is 1.60. The summed E-state index contributed by atoms with van der Waals surface area (Å²) in [5, 5.41) is 6.90. The van der Waals surface area contributed by atoms with Crippen LogP contribution in [0.25, 0.3) is 0 Å². The van der Waals surface area contributed by atoms with Gasteiger partial charge in [-0.05, 0) is 0 Å². The van der Waals surface area contributed by atoms with Gasteiger partial charge in [-0.2, -0.15) is 4.98 Å². The quantitative estimate of drug-likeness (QED) is 0.656. The zero-order valence-corrected chi connectivity index (χ0v) is 10.7. The first-order chi connectivity index (χ1) is 9.22. The molecule has 0 radical (unpaired) electrons. The predicted molar refractivity (Wildman–Crippen MR) is 66.0 cm³/mol. The molecule has 1 amide bonds. The van der Waals surface area contributed by atoms with E-state index in [1.54, 1.807) is 0 Å². The molecule has 1 atom stereocenters. The Morgan fingerprint density at radius 2 is 2.21 bits per heavy atom. The average Bonchev–Trinajstić information content (AvgIpc) is 2.88. The van der Waals surface area contributed by atoms with E-state index in [-0.39, 0.29) is 12.6 Å². The summed E-state index contributed by atoms with van der Waals surface area (Å²) in [4.78, 5) is 19.8. The third kappa shape index (κ3) is 2.75. The van der Waals surface area contributed by atoms with E-state index < -0.39 is 5.91 Å². The van der Waals surface area contributed by atoms with Crippen molar-refractivity contribution in [3.63, 3.8) is 0 Å². The molecule has 3 aliphatic heterocycles. The molecule has 1 aromatic heterocycles. The highest BCUT2D eigenvalue weighted by molar-refractivity contribution is 5.75. The Morgan fingerprint density at radius 1 is 1.42 bits per heavy atom. The highest BCUT2D eigenvalue weighted by Crippen LogP contribution is 2.26. The summed E-state index contributed by atoms with van der Waals surface area (Å²) in [6.45, 7) is 5.83. The van der Waals surface area contributed by atoms with Gasteiger partial charge in [0.25, 0.3) is 0 Å². The van der Waals surface area contributed by atoms with Crippen LogP contribution in [0, 0.1) is 0 Å². The first-order valence-electron chi connectivity index (χ1n) is 6.50. The van der Waals surface area contributed by atoms with Gasteiger partial charge in [-0.3, -0.25) is 19.9 Å². The van der Waals surface area contributed by atoms with E-state index in [9.17, 15) is 4.79 Å². The molecule has 8 heteroatoms. The number of hydrogen-bond acceptors (Lipinski definition) is 7. The molecule has 19 heavy (non-hydrogen) atoms. The summed E-state index contributed by atoms with van der Waals surface area (Å²) < 4.78 is 5.19. The minimum atomic E-state index is -0.400. The van der Waals surface area contributed by atoms with Crippen LogP contribution in [-0.4, -0.2) is 65.1 Å². The second kappa shape index (κ2) is 5.24. The Bertz CT molecular complexity index is 454. The fraction of sp³-hybridized carbons (Fsp3) is 0.727. The summed E-state index contributed by atoms with van der Waals surface area (Å²) in [6.07, 6.45) is 0. The van der Waals surface area contributed by atoms with Gasteiger partial charge in [0.1, 0.15) is 0 Å². The monoisotopic (exact) mass is 266 g/mol. The van der Waals surface area contributed by atoms with Crippen LogP contribution >= 0.6 is 0 Å². The molecule has 1 aromatic rings. The smallest absolute Gasteiger partial charge is 0.240 e. The van der Waals surface area contributed by atoms with Crippen molar-refractivity contribution in [2.75, 3.05) is 39.3 Å². The molecular weight excluding hydrogens is 248 g/mol. The van der Waals surface area contributed by atoms with Gasteiger partial charge in [-0.15, -0.1) is 0 Å². The second-order valence-electron chi connectivity index (χ2n) is 4.97. The highest BCUT2D eigenvalue weighted by Gasteiger charge is 2.35. The summed E-state index contributed by atoms with van der Waals surface area (Å²) in [6, 6.07) is 0.233. The molecule has 3 fully saturated rings. The number of aromatic nitrogens is 2. The van der Waals surface area contributed by atoms with Crippen LogP contribution in [0.1, 0.15) is 17.8 Å². The minimum Gasteiger partial charge on any atom is -0.369 e. The maximum Gasteiger partial charge on any atom is 0.240 e. The Hall–Kier alpha value is -1.51. The Labute approximate surface area is 110 Å². The molecule has 2 bridgehead atoms. The molecule has 0 saturated carbocycles. The molecule has 4 heterocycles. The average molecular weight is 266 g/mol. The molecule has 0 aromatic carbocycles. The number of amides is 1. The number of carbonyl (C=O) groups excluding carboxylic acids is 1. The maximum absolute atomic E-state index is 10.6. The van der Waals surface area contributed by atoms with Gasteiger partial charge in [-0.1, -0.05) is 5.16 Å². The lowest BCUT2D eigenvalue weighted by atomic mass is 10.1. The molecule has 3 N–H and O–H groups in total. The summed E-state index contributed by atoms with van der Waals surface area (Å²) in [7, 11) is 0.